The first-order valence-corrected chi connectivity index (χ1v) is 8.87. The number of rotatable bonds is 5. The van der Waals surface area contributed by atoms with E-state index in [2.05, 4.69) is 10.3 Å². The first-order valence-electron chi connectivity index (χ1n) is 8.49. The highest BCUT2D eigenvalue weighted by Gasteiger charge is 2.16. The van der Waals surface area contributed by atoms with Gasteiger partial charge in [0.2, 0.25) is 5.91 Å². The highest BCUT2D eigenvalue weighted by Crippen LogP contribution is 2.10. The van der Waals surface area contributed by atoms with Gasteiger partial charge in [0, 0.05) is 17.3 Å². The van der Waals surface area contributed by atoms with E-state index in [0.29, 0.717) is 10.5 Å². The van der Waals surface area contributed by atoms with Crippen molar-refractivity contribution in [2.45, 2.75) is 33.0 Å². The van der Waals surface area contributed by atoms with Gasteiger partial charge in [-0.2, -0.15) is 0 Å². The summed E-state index contributed by atoms with van der Waals surface area (Å²) in [6.07, 6.45) is 1.49. The lowest BCUT2D eigenvalue weighted by Crippen LogP contribution is -2.43. The van der Waals surface area contributed by atoms with Crippen molar-refractivity contribution in [3.63, 3.8) is 0 Å². The molecule has 0 atom stereocenters. The summed E-state index contributed by atoms with van der Waals surface area (Å²) in [7, 11) is 0. The fourth-order valence-electron chi connectivity index (χ4n) is 2.82. The Morgan fingerprint density at radius 2 is 1.85 bits per heavy atom. The summed E-state index contributed by atoms with van der Waals surface area (Å²) in [5, 5.41) is 3.32. The third-order valence-electron chi connectivity index (χ3n) is 3.99. The summed E-state index contributed by atoms with van der Waals surface area (Å²) < 4.78 is 2.36. The van der Waals surface area contributed by atoms with Crippen molar-refractivity contribution in [1.29, 1.82) is 0 Å². The normalized spacial score (nSPS) is 11.1. The number of nitrogens with zero attached hydrogens (tertiary/aromatic N) is 3. The largest absolute Gasteiger partial charge is 0.352 e. The molecule has 2 heterocycles. The molecule has 7 nitrogen and oxygen atoms in total. The van der Waals surface area contributed by atoms with Gasteiger partial charge in [0.15, 0.2) is 5.52 Å². The average molecular weight is 387 g/mol. The van der Waals surface area contributed by atoms with Crippen LogP contribution in [0, 0.1) is 0 Å². The van der Waals surface area contributed by atoms with E-state index in [1.165, 1.54) is 10.8 Å². The third-order valence-corrected chi connectivity index (χ3v) is 4.24. The number of hydrogen-bond donors (Lipinski definition) is 1. The lowest BCUT2D eigenvalue weighted by Gasteiger charge is -2.14. The van der Waals surface area contributed by atoms with E-state index in [9.17, 15) is 14.4 Å². The van der Waals surface area contributed by atoms with E-state index in [4.69, 9.17) is 11.6 Å². The Labute approximate surface area is 160 Å². The van der Waals surface area contributed by atoms with E-state index in [1.807, 2.05) is 13.8 Å². The van der Waals surface area contributed by atoms with Gasteiger partial charge in [-0.15, -0.1) is 0 Å². The molecule has 1 amide bonds. The Hall–Kier alpha value is -2.93. The van der Waals surface area contributed by atoms with Crippen LogP contribution in [-0.2, 0) is 17.9 Å². The van der Waals surface area contributed by atoms with Gasteiger partial charge >= 0.3 is 5.69 Å². The lowest BCUT2D eigenvalue weighted by atomic mass is 10.2. The second-order valence-electron chi connectivity index (χ2n) is 6.48. The number of carbonyl (C=O) groups is 1. The molecule has 0 saturated carbocycles. The molecule has 1 N–H and O–H groups in total. The van der Waals surface area contributed by atoms with Gasteiger partial charge in [-0.05, 0) is 43.7 Å². The number of amides is 1. The quantitative estimate of drug-likeness (QED) is 0.724. The van der Waals surface area contributed by atoms with Crippen LogP contribution in [0.4, 0.5) is 0 Å². The first kappa shape index (κ1) is 18.8. The molecule has 3 rings (SSSR count). The molecule has 0 bridgehead atoms. The number of aromatic nitrogens is 3. The number of nitrogens with one attached hydrogen (secondary N) is 1. The van der Waals surface area contributed by atoms with Crippen molar-refractivity contribution < 1.29 is 4.79 Å². The molecule has 0 aliphatic carbocycles. The molecular weight excluding hydrogens is 368 g/mol. The van der Waals surface area contributed by atoms with Gasteiger partial charge in [0.1, 0.15) is 6.54 Å². The molecule has 27 heavy (non-hydrogen) atoms. The molecular formula is C19H19ClN4O3. The SMILES string of the molecule is CC(C)NC(=O)Cn1c(=O)n(Cc2ccc(Cl)cc2)c(=O)c2ncccc21. The number of benzene rings is 1. The summed E-state index contributed by atoms with van der Waals surface area (Å²) >= 11 is 5.89. The lowest BCUT2D eigenvalue weighted by molar-refractivity contribution is -0.122. The van der Waals surface area contributed by atoms with Crippen LogP contribution < -0.4 is 16.6 Å². The van der Waals surface area contributed by atoms with Gasteiger partial charge in [-0.25, -0.2) is 9.78 Å². The Bertz CT molecular complexity index is 1100. The minimum atomic E-state index is -0.561. The summed E-state index contributed by atoms with van der Waals surface area (Å²) in [4.78, 5) is 42.1. The fourth-order valence-corrected chi connectivity index (χ4v) is 2.94. The van der Waals surface area contributed by atoms with Crippen LogP contribution in [0.2, 0.25) is 5.02 Å². The maximum Gasteiger partial charge on any atom is 0.332 e. The highest BCUT2D eigenvalue weighted by molar-refractivity contribution is 6.30. The third kappa shape index (κ3) is 4.09. The van der Waals surface area contributed by atoms with E-state index in [0.717, 1.165) is 10.1 Å². The molecule has 0 aliphatic rings. The molecule has 140 valence electrons. The minimum absolute atomic E-state index is 0.0578. The zero-order valence-corrected chi connectivity index (χ0v) is 15.7. The maximum absolute atomic E-state index is 13.0. The van der Waals surface area contributed by atoms with Crippen molar-refractivity contribution in [2.24, 2.45) is 0 Å². The van der Waals surface area contributed by atoms with E-state index >= 15 is 0 Å². The number of pyridine rings is 1. The van der Waals surface area contributed by atoms with Crippen LogP contribution in [0.1, 0.15) is 19.4 Å². The molecule has 3 aromatic rings. The van der Waals surface area contributed by atoms with Gasteiger partial charge < -0.3 is 5.32 Å². The van der Waals surface area contributed by atoms with Crippen molar-refractivity contribution >= 4 is 28.5 Å². The van der Waals surface area contributed by atoms with Crippen molar-refractivity contribution in [3.05, 3.63) is 74.0 Å². The molecule has 2 aromatic heterocycles. The molecule has 8 heteroatoms. The molecule has 0 aliphatic heterocycles. The van der Waals surface area contributed by atoms with Gasteiger partial charge in [-0.3, -0.25) is 18.7 Å². The van der Waals surface area contributed by atoms with Crippen LogP contribution in [0.15, 0.2) is 52.2 Å². The average Bonchev–Trinajstić information content (AvgIpc) is 2.63. The zero-order chi connectivity index (χ0) is 19.6. The first-order chi connectivity index (χ1) is 12.9. The predicted octanol–water partition coefficient (Wildman–Crippen LogP) is 1.78. The minimum Gasteiger partial charge on any atom is -0.352 e. The van der Waals surface area contributed by atoms with Crippen LogP contribution in [0.25, 0.3) is 11.0 Å². The Morgan fingerprint density at radius 3 is 2.52 bits per heavy atom. The Morgan fingerprint density at radius 1 is 1.15 bits per heavy atom. The van der Waals surface area contributed by atoms with E-state index in [-0.39, 0.29) is 30.6 Å². The van der Waals surface area contributed by atoms with Gasteiger partial charge in [-0.1, -0.05) is 23.7 Å². The smallest absolute Gasteiger partial charge is 0.332 e. The topological polar surface area (TPSA) is 86.0 Å². The summed E-state index contributed by atoms with van der Waals surface area (Å²) in [6.45, 7) is 3.54. The monoisotopic (exact) mass is 386 g/mol. The van der Waals surface area contributed by atoms with Crippen molar-refractivity contribution in [1.82, 2.24) is 19.4 Å². The number of fused-ring (bicyclic) bond motifs is 1. The number of halogens is 1. The Kier molecular flexibility index (Phi) is 5.41. The van der Waals surface area contributed by atoms with Gasteiger partial charge in [0.05, 0.1) is 12.1 Å². The van der Waals surface area contributed by atoms with E-state index < -0.39 is 11.2 Å². The zero-order valence-electron chi connectivity index (χ0n) is 15.0. The molecule has 0 radical (unpaired) electrons. The van der Waals surface area contributed by atoms with Crippen LogP contribution in [0.3, 0.4) is 0 Å². The van der Waals surface area contributed by atoms with Crippen molar-refractivity contribution in [3.8, 4) is 0 Å². The molecule has 0 saturated heterocycles. The molecule has 0 unspecified atom stereocenters. The standard InChI is InChI=1S/C19H19ClN4O3/c1-12(2)22-16(25)11-23-15-4-3-9-21-17(15)18(26)24(19(23)27)10-13-5-7-14(20)8-6-13/h3-9,12H,10-11H2,1-2H3,(H,22,25). The molecule has 1 aromatic carbocycles. The second kappa shape index (κ2) is 7.75. The molecule has 0 fully saturated rings. The van der Waals surface area contributed by atoms with Gasteiger partial charge in [0.25, 0.3) is 5.56 Å². The second-order valence-corrected chi connectivity index (χ2v) is 6.92. The summed E-state index contributed by atoms with van der Waals surface area (Å²) in [5.41, 5.74) is 0.162. The number of carbonyl (C=O) groups excluding carboxylic acids is 1. The predicted molar refractivity (Wildman–Crippen MR) is 104 cm³/mol. The van der Waals surface area contributed by atoms with Crippen LogP contribution >= 0.6 is 11.6 Å². The fraction of sp³-hybridized carbons (Fsp3) is 0.263. The highest BCUT2D eigenvalue weighted by atomic mass is 35.5. The number of hydrogen-bond acceptors (Lipinski definition) is 4. The summed E-state index contributed by atoms with van der Waals surface area (Å²) in [6, 6.07) is 10.0. The summed E-state index contributed by atoms with van der Waals surface area (Å²) in [5.74, 6) is -0.311. The maximum atomic E-state index is 13.0. The van der Waals surface area contributed by atoms with Crippen LogP contribution in [0.5, 0.6) is 0 Å². The van der Waals surface area contributed by atoms with Crippen molar-refractivity contribution in [2.75, 3.05) is 0 Å². The van der Waals surface area contributed by atoms with Crippen LogP contribution in [-0.4, -0.2) is 26.1 Å². The van der Waals surface area contributed by atoms with E-state index in [1.54, 1.807) is 36.4 Å². The molecule has 0 spiro atoms. The Balaban J connectivity index is 2.13.